The second-order valence-electron chi connectivity index (χ2n) is 4.32. The van der Waals surface area contributed by atoms with Gasteiger partial charge in [0, 0.05) is 25.6 Å². The maximum atomic E-state index is 11.7. The Bertz CT molecular complexity index is 454. The van der Waals surface area contributed by atoms with Crippen molar-refractivity contribution in [1.29, 1.82) is 0 Å². The van der Waals surface area contributed by atoms with E-state index in [9.17, 15) is 9.59 Å². The second kappa shape index (κ2) is 5.47. The van der Waals surface area contributed by atoms with Crippen molar-refractivity contribution in [2.75, 3.05) is 31.6 Å². The summed E-state index contributed by atoms with van der Waals surface area (Å²) in [7, 11) is 0. The average Bonchev–Trinajstić information content (AvgIpc) is 2.70. The van der Waals surface area contributed by atoms with Gasteiger partial charge in [0.1, 0.15) is 5.00 Å². The molecule has 0 unspecified atom stereocenters. The number of amides is 2. The fraction of sp³-hybridized carbons (Fsp3) is 0.455. The van der Waals surface area contributed by atoms with Gasteiger partial charge in [-0.25, -0.2) is 0 Å². The van der Waals surface area contributed by atoms with E-state index in [1.165, 1.54) is 11.3 Å². The Balaban J connectivity index is 1.84. The Kier molecular flexibility index (Phi) is 3.95. The van der Waals surface area contributed by atoms with Gasteiger partial charge >= 0.3 is 0 Å². The predicted octanol–water partition coefficient (Wildman–Crippen LogP) is -0.290. The lowest BCUT2D eigenvalue weighted by atomic mass is 10.0. The first-order valence-electron chi connectivity index (χ1n) is 5.60. The zero-order valence-electron chi connectivity index (χ0n) is 9.76. The molecule has 1 fully saturated rings. The molecule has 2 rings (SSSR count). The number of nitrogens with one attached hydrogen (secondary N) is 1. The normalized spacial score (nSPS) is 16.3. The van der Waals surface area contributed by atoms with Crippen LogP contribution in [-0.2, 0) is 4.79 Å². The van der Waals surface area contributed by atoms with Crippen molar-refractivity contribution in [1.82, 2.24) is 4.90 Å². The molecule has 6 nitrogen and oxygen atoms in total. The van der Waals surface area contributed by atoms with Crippen LogP contribution < -0.4 is 11.1 Å². The number of aliphatic hydroxyl groups is 1. The van der Waals surface area contributed by atoms with Crippen LogP contribution in [0, 0.1) is 5.92 Å². The molecule has 1 aliphatic heterocycles. The van der Waals surface area contributed by atoms with Gasteiger partial charge < -0.3 is 16.2 Å². The van der Waals surface area contributed by atoms with E-state index in [2.05, 4.69) is 5.32 Å². The maximum absolute atomic E-state index is 11.7. The molecule has 0 atom stereocenters. The number of hydrogen-bond acceptors (Lipinski definition) is 5. The molecular weight excluding hydrogens is 254 g/mol. The molecule has 1 aromatic heterocycles. The molecule has 1 aliphatic rings. The average molecular weight is 269 g/mol. The summed E-state index contributed by atoms with van der Waals surface area (Å²) >= 11 is 1.27. The highest BCUT2D eigenvalue weighted by atomic mass is 32.1. The third-order valence-electron chi connectivity index (χ3n) is 2.84. The molecule has 0 radical (unpaired) electrons. The molecule has 0 aliphatic carbocycles. The van der Waals surface area contributed by atoms with Crippen molar-refractivity contribution in [2.45, 2.75) is 0 Å². The van der Waals surface area contributed by atoms with Crippen LogP contribution in [0.2, 0.25) is 0 Å². The van der Waals surface area contributed by atoms with Gasteiger partial charge in [0.05, 0.1) is 12.1 Å². The number of carbonyl (C=O) groups is 2. The highest BCUT2D eigenvalue weighted by Crippen LogP contribution is 2.23. The van der Waals surface area contributed by atoms with E-state index in [1.807, 2.05) is 4.90 Å². The first-order valence-corrected chi connectivity index (χ1v) is 6.48. The van der Waals surface area contributed by atoms with Crippen molar-refractivity contribution in [3.8, 4) is 0 Å². The first kappa shape index (κ1) is 13.0. The van der Waals surface area contributed by atoms with Crippen molar-refractivity contribution < 1.29 is 14.7 Å². The number of primary amides is 1. The summed E-state index contributed by atoms with van der Waals surface area (Å²) in [5.41, 5.74) is 5.53. The molecule has 4 N–H and O–H groups in total. The first-order chi connectivity index (χ1) is 8.60. The number of aliphatic hydroxyl groups excluding tert-OH is 1. The number of nitrogens with zero attached hydrogens (tertiary/aromatic N) is 1. The Labute approximate surface area is 108 Å². The number of thiophene rings is 1. The van der Waals surface area contributed by atoms with E-state index in [-0.39, 0.29) is 25.0 Å². The lowest BCUT2D eigenvalue weighted by Gasteiger charge is -2.37. The van der Waals surface area contributed by atoms with Gasteiger partial charge in [-0.15, -0.1) is 11.3 Å². The van der Waals surface area contributed by atoms with Gasteiger partial charge in [-0.05, 0) is 11.4 Å². The van der Waals surface area contributed by atoms with Crippen LogP contribution in [0.1, 0.15) is 10.4 Å². The van der Waals surface area contributed by atoms with Crippen molar-refractivity contribution >= 4 is 28.2 Å². The summed E-state index contributed by atoms with van der Waals surface area (Å²) in [6, 6.07) is 1.59. The zero-order chi connectivity index (χ0) is 13.1. The number of hydrogen-bond donors (Lipinski definition) is 3. The number of nitrogens with two attached hydrogens (primary N) is 1. The van der Waals surface area contributed by atoms with Crippen LogP contribution in [-0.4, -0.2) is 48.1 Å². The molecule has 0 spiro atoms. The fourth-order valence-corrected chi connectivity index (χ4v) is 2.70. The summed E-state index contributed by atoms with van der Waals surface area (Å²) in [4.78, 5) is 24.7. The van der Waals surface area contributed by atoms with E-state index < -0.39 is 5.91 Å². The number of carbonyl (C=O) groups excluding carboxylic acids is 2. The fourth-order valence-electron chi connectivity index (χ4n) is 1.89. The molecule has 2 amide bonds. The van der Waals surface area contributed by atoms with Crippen LogP contribution in [0.15, 0.2) is 11.4 Å². The summed E-state index contributed by atoms with van der Waals surface area (Å²) in [6.45, 7) is 1.90. The Morgan fingerprint density at radius 1 is 1.56 bits per heavy atom. The van der Waals surface area contributed by atoms with E-state index in [4.69, 9.17) is 10.8 Å². The van der Waals surface area contributed by atoms with Crippen molar-refractivity contribution in [3.05, 3.63) is 17.0 Å². The molecule has 2 heterocycles. The lowest BCUT2D eigenvalue weighted by molar-refractivity contribution is -0.119. The number of rotatable bonds is 5. The molecule has 0 aromatic carbocycles. The standard InChI is InChI=1S/C11H15N3O3S/c12-10(17)8-1-2-18-11(8)13-9(16)5-14-3-7(4-14)6-15/h1-2,7,15H,3-6H2,(H2,12,17)(H,13,16). The molecule has 0 saturated carbocycles. The van der Waals surface area contributed by atoms with Crippen molar-refractivity contribution in [2.24, 2.45) is 11.7 Å². The van der Waals surface area contributed by atoms with E-state index in [0.717, 1.165) is 13.1 Å². The molecule has 18 heavy (non-hydrogen) atoms. The highest BCUT2D eigenvalue weighted by Gasteiger charge is 2.27. The lowest BCUT2D eigenvalue weighted by Crippen LogP contribution is -2.51. The van der Waals surface area contributed by atoms with Crippen molar-refractivity contribution in [3.63, 3.8) is 0 Å². The summed E-state index contributed by atoms with van der Waals surface area (Å²) < 4.78 is 0. The van der Waals surface area contributed by atoms with E-state index in [0.29, 0.717) is 10.6 Å². The monoisotopic (exact) mass is 269 g/mol. The van der Waals surface area contributed by atoms with Crippen LogP contribution in [0.4, 0.5) is 5.00 Å². The zero-order valence-corrected chi connectivity index (χ0v) is 10.6. The minimum absolute atomic E-state index is 0.162. The Morgan fingerprint density at radius 2 is 2.28 bits per heavy atom. The highest BCUT2D eigenvalue weighted by molar-refractivity contribution is 7.14. The van der Waals surface area contributed by atoms with E-state index in [1.54, 1.807) is 11.4 Å². The predicted molar refractivity (Wildman–Crippen MR) is 68.5 cm³/mol. The van der Waals surface area contributed by atoms with Gasteiger partial charge in [-0.2, -0.15) is 0 Å². The topological polar surface area (TPSA) is 95.7 Å². The minimum Gasteiger partial charge on any atom is -0.396 e. The quantitative estimate of drug-likeness (QED) is 0.684. The Morgan fingerprint density at radius 3 is 2.89 bits per heavy atom. The number of anilines is 1. The van der Waals surface area contributed by atoms with Gasteiger partial charge in [-0.3, -0.25) is 14.5 Å². The molecule has 1 aromatic rings. The van der Waals surface area contributed by atoms with Gasteiger partial charge in [-0.1, -0.05) is 0 Å². The van der Waals surface area contributed by atoms with Gasteiger partial charge in [0.2, 0.25) is 5.91 Å². The molecular formula is C11H15N3O3S. The second-order valence-corrected chi connectivity index (χ2v) is 5.23. The SMILES string of the molecule is NC(=O)c1ccsc1NC(=O)CN1CC(CO)C1. The van der Waals surface area contributed by atoms with Crippen LogP contribution in [0.25, 0.3) is 0 Å². The third kappa shape index (κ3) is 2.87. The minimum atomic E-state index is -0.546. The molecule has 0 bridgehead atoms. The van der Waals surface area contributed by atoms with Gasteiger partial charge in [0.25, 0.3) is 5.91 Å². The molecule has 98 valence electrons. The Hall–Kier alpha value is -1.44. The third-order valence-corrected chi connectivity index (χ3v) is 3.67. The van der Waals surface area contributed by atoms with Crippen LogP contribution >= 0.6 is 11.3 Å². The smallest absolute Gasteiger partial charge is 0.251 e. The number of likely N-dealkylation sites (tertiary alicyclic amines) is 1. The van der Waals surface area contributed by atoms with Crippen LogP contribution in [0.3, 0.4) is 0 Å². The molecule has 7 heteroatoms. The van der Waals surface area contributed by atoms with E-state index >= 15 is 0 Å². The summed E-state index contributed by atoms with van der Waals surface area (Å²) in [5, 5.41) is 13.7. The summed E-state index contributed by atoms with van der Waals surface area (Å²) in [6.07, 6.45) is 0. The van der Waals surface area contributed by atoms with Crippen LogP contribution in [0.5, 0.6) is 0 Å². The van der Waals surface area contributed by atoms with Gasteiger partial charge in [0.15, 0.2) is 0 Å². The maximum Gasteiger partial charge on any atom is 0.251 e. The largest absolute Gasteiger partial charge is 0.396 e. The molecule has 1 saturated heterocycles. The summed E-state index contributed by atoms with van der Waals surface area (Å²) in [5.74, 6) is -0.437.